The van der Waals surface area contributed by atoms with Crippen molar-refractivity contribution in [2.45, 2.75) is 106 Å². The lowest BCUT2D eigenvalue weighted by molar-refractivity contribution is -0.144. The smallest absolute Gasteiger partial charge is 0.435 e. The average molecular weight is 1140 g/mol. The zero-order valence-corrected chi connectivity index (χ0v) is 42.4. The second-order valence-corrected chi connectivity index (χ2v) is 23.9. The molecule has 0 saturated heterocycles. The quantitative estimate of drug-likeness (QED) is 0.0453. The summed E-state index contributed by atoms with van der Waals surface area (Å²) in [6.45, 7) is -0.833. The highest BCUT2D eigenvalue weighted by atomic mass is 35.5. The third-order valence-corrected chi connectivity index (χ3v) is 16.4. The molecule has 3 heterocycles. The molecular weight excluding hydrogens is 1090 g/mol. The molecule has 2 fully saturated rings. The fourth-order valence-corrected chi connectivity index (χ4v) is 10.5. The predicted molar refractivity (Wildman–Crippen MR) is 254 cm³/mol. The van der Waals surface area contributed by atoms with E-state index in [-0.39, 0.29) is 67.7 Å². The Morgan fingerprint density at radius 2 is 1.61 bits per heavy atom. The molecule has 3 aliphatic rings. The number of ether oxygens (including phenoxy) is 1. The molecule has 76 heavy (non-hydrogen) atoms. The number of alkyl halides is 8. The summed E-state index contributed by atoms with van der Waals surface area (Å²) in [7, 11) is -8.79. The maximum absolute atomic E-state index is 15.9. The Morgan fingerprint density at radius 1 is 0.961 bits per heavy atom. The van der Waals surface area contributed by atoms with Crippen LogP contribution in [0.1, 0.15) is 85.4 Å². The molecule has 3 aliphatic carbocycles. The van der Waals surface area contributed by atoms with Gasteiger partial charge in [0.2, 0.25) is 15.9 Å². The molecule has 0 radical (unpaired) electrons. The van der Waals surface area contributed by atoms with Crippen molar-refractivity contribution in [1.82, 2.24) is 29.9 Å². The van der Waals surface area contributed by atoms with Gasteiger partial charge in [-0.2, -0.15) is 49.6 Å². The Labute approximate surface area is 430 Å². The van der Waals surface area contributed by atoms with Crippen LogP contribution in [0.3, 0.4) is 0 Å². The Hall–Kier alpha value is -6.67. The van der Waals surface area contributed by atoms with E-state index in [1.165, 1.54) is 13.8 Å². The van der Waals surface area contributed by atoms with Crippen LogP contribution in [-0.4, -0.2) is 94.9 Å². The van der Waals surface area contributed by atoms with Crippen LogP contribution in [0.25, 0.3) is 22.0 Å². The highest BCUT2D eigenvalue weighted by Crippen LogP contribution is 2.64. The molecule has 2 amide bonds. The summed E-state index contributed by atoms with van der Waals surface area (Å²) >= 11 is 6.67. The number of benzene rings is 2. The van der Waals surface area contributed by atoms with Crippen molar-refractivity contribution in [3.05, 3.63) is 93.0 Å². The Kier molecular flexibility index (Phi) is 14.2. The summed E-state index contributed by atoms with van der Waals surface area (Å²) < 4.78 is 205. The van der Waals surface area contributed by atoms with E-state index >= 15 is 8.78 Å². The molecule has 5 N–H and O–H groups in total. The van der Waals surface area contributed by atoms with E-state index in [1.807, 2.05) is 0 Å². The van der Waals surface area contributed by atoms with Gasteiger partial charge in [0, 0.05) is 47.8 Å². The van der Waals surface area contributed by atoms with Gasteiger partial charge < -0.3 is 21.5 Å². The van der Waals surface area contributed by atoms with E-state index in [4.69, 9.17) is 27.8 Å². The normalized spacial score (nSPS) is 19.6. The van der Waals surface area contributed by atoms with Gasteiger partial charge >= 0.3 is 18.4 Å². The molecule has 5 aromatic rings. The molecule has 30 heteroatoms. The first-order valence-electron chi connectivity index (χ1n) is 22.6. The lowest BCUT2D eigenvalue weighted by Crippen LogP contribution is -2.44. The lowest BCUT2D eigenvalue weighted by atomic mass is 9.73. The van der Waals surface area contributed by atoms with E-state index in [1.54, 1.807) is 0 Å². The third kappa shape index (κ3) is 11.0. The number of amides is 2. The van der Waals surface area contributed by atoms with E-state index in [0.717, 1.165) is 42.7 Å². The minimum atomic E-state index is -5.24. The molecule has 2 saturated carbocycles. The summed E-state index contributed by atoms with van der Waals surface area (Å²) in [6, 6.07) is 4.22. The third-order valence-electron chi connectivity index (χ3n) is 13.2. The first-order valence-corrected chi connectivity index (χ1v) is 26.8. The van der Waals surface area contributed by atoms with Crippen LogP contribution in [0.5, 0.6) is 0 Å². The van der Waals surface area contributed by atoms with Gasteiger partial charge in [-0.25, -0.2) is 35.4 Å². The topological polar surface area (TPSA) is 240 Å². The van der Waals surface area contributed by atoms with Crippen molar-refractivity contribution < 1.29 is 75.1 Å². The Morgan fingerprint density at radius 3 is 2.17 bits per heavy atom. The van der Waals surface area contributed by atoms with Crippen molar-refractivity contribution in [3.63, 3.8) is 0 Å². The number of carbonyl (C=O) groups excluding carboxylic acids is 2. The van der Waals surface area contributed by atoms with Gasteiger partial charge in [-0.05, 0) is 80.8 Å². The van der Waals surface area contributed by atoms with Crippen LogP contribution in [-0.2, 0) is 61.0 Å². The van der Waals surface area contributed by atoms with Gasteiger partial charge in [-0.1, -0.05) is 23.6 Å². The van der Waals surface area contributed by atoms with E-state index in [2.05, 4.69) is 37.3 Å². The van der Waals surface area contributed by atoms with Gasteiger partial charge in [-0.15, -0.1) is 0 Å². The van der Waals surface area contributed by atoms with Crippen LogP contribution < -0.4 is 21.1 Å². The lowest BCUT2D eigenvalue weighted by Gasteiger charge is -2.34. The minimum Gasteiger partial charge on any atom is -0.445 e. The first-order chi connectivity index (χ1) is 35.0. The molecule has 3 aromatic heterocycles. The van der Waals surface area contributed by atoms with Crippen molar-refractivity contribution in [2.24, 2.45) is 22.4 Å². The van der Waals surface area contributed by atoms with Crippen LogP contribution in [0.2, 0.25) is 5.02 Å². The van der Waals surface area contributed by atoms with E-state index < -0.39 is 160 Å². The Balaban J connectivity index is 1.33. The average Bonchev–Trinajstić information content (AvgIpc) is 3.83. The number of guanidine groups is 1. The van der Waals surface area contributed by atoms with Crippen molar-refractivity contribution >= 4 is 66.1 Å². The number of nitrogens with one attached hydrogen (secondary N) is 1. The standard InChI is InChI=1S/C46H43ClF10N10O7S2/c1-43(2,75(3,70)71)12-11-24-5-6-27(28-8-10-31(47)35-37(28)66(20-44(50,51)52)64-40(35)67(76(4,72)73)42(69)74-26-17-25(18-26)61-41(58)59)36(60-24)32(15-21-13-22(48)16-23(49)14-21)62-33(68)19-65-39-34(38(63-65)46(55,56)57)29-7-9-30(29)45(39,53)54/h5-6,8,10,13-14,16,25-26,29-30,32H,7,9,15,17-20H2,1-4H3,(H,62,68)(H4,58,59,61)/t25?,26?,29-,30+,32-/m0/s1. The van der Waals surface area contributed by atoms with E-state index in [0.29, 0.717) is 12.3 Å². The second kappa shape index (κ2) is 19.4. The van der Waals surface area contributed by atoms with Crippen molar-refractivity contribution in [3.8, 4) is 23.0 Å². The number of hydrogen-bond acceptors (Lipinski definition) is 11. The molecule has 3 atom stereocenters. The molecule has 17 nitrogen and oxygen atoms in total. The Bertz CT molecular complexity index is 3510. The number of carbonyl (C=O) groups is 2. The second-order valence-electron chi connectivity index (χ2n) is 19.1. The largest absolute Gasteiger partial charge is 0.445 e. The molecule has 408 valence electrons. The number of nitrogens with zero attached hydrogens (tertiary/aromatic N) is 7. The molecule has 0 bridgehead atoms. The molecule has 0 spiro atoms. The molecule has 2 aromatic carbocycles. The maximum Gasteiger partial charge on any atom is 0.435 e. The number of rotatable bonds is 13. The fourth-order valence-electron chi connectivity index (χ4n) is 9.28. The number of sulfonamides is 1. The number of sulfone groups is 1. The minimum absolute atomic E-state index is 0.0173. The summed E-state index contributed by atoms with van der Waals surface area (Å²) in [5.41, 5.74) is 4.89. The first kappa shape index (κ1) is 55.6. The number of pyridine rings is 1. The van der Waals surface area contributed by atoms with Crippen LogP contribution in [0.15, 0.2) is 47.5 Å². The van der Waals surface area contributed by atoms with Crippen LogP contribution in [0, 0.1) is 29.4 Å². The maximum atomic E-state index is 15.9. The zero-order chi connectivity index (χ0) is 56.0. The van der Waals surface area contributed by atoms with Crippen LogP contribution >= 0.6 is 11.6 Å². The number of hydrogen-bond donors (Lipinski definition) is 3. The monoisotopic (exact) mass is 1140 g/mol. The number of aromatic nitrogens is 5. The van der Waals surface area contributed by atoms with Gasteiger partial charge in [0.05, 0.1) is 40.0 Å². The molecular formula is C46H43ClF10N10O7S2. The number of aliphatic imine (C=N–C) groups is 1. The highest BCUT2D eigenvalue weighted by Gasteiger charge is 2.63. The number of nitrogens with two attached hydrogens (primary N) is 2. The zero-order valence-electron chi connectivity index (χ0n) is 40.0. The number of fused-ring (bicyclic) bond motifs is 4. The number of halogens is 11. The van der Waals surface area contributed by atoms with Gasteiger partial charge in [0.1, 0.15) is 47.0 Å². The molecule has 0 unspecified atom stereocenters. The molecule has 8 rings (SSSR count). The van der Waals surface area contributed by atoms with Crippen LogP contribution in [0.4, 0.5) is 54.5 Å². The van der Waals surface area contributed by atoms with Gasteiger partial charge in [0.15, 0.2) is 27.3 Å². The predicted octanol–water partition coefficient (Wildman–Crippen LogP) is 7.39. The SMILES string of the molecule is CC(C)(C#Cc1ccc(-c2ccc(Cl)c3c(N(C(=O)OC4CC(N=C(N)N)C4)S(C)(=O)=O)nn(CC(F)(F)F)c23)c([C@H](Cc2cc(F)cc(F)c2)NC(=O)Cn2nc(C(F)(F)F)c3c2C(F)(F)[C@@H]2CC[C@H]32)n1)S(C)(=O)=O. The van der Waals surface area contributed by atoms with Gasteiger partial charge in [0.25, 0.3) is 5.92 Å². The van der Waals surface area contributed by atoms with Crippen molar-refractivity contribution in [1.29, 1.82) is 0 Å². The summed E-state index contributed by atoms with van der Waals surface area (Å²) in [6.07, 6.45) is -12.4. The number of anilines is 1. The highest BCUT2D eigenvalue weighted by molar-refractivity contribution is 7.93. The van der Waals surface area contributed by atoms with Crippen molar-refractivity contribution in [2.75, 3.05) is 16.8 Å². The molecule has 0 aliphatic heterocycles. The van der Waals surface area contributed by atoms with E-state index in [9.17, 15) is 61.5 Å². The summed E-state index contributed by atoms with van der Waals surface area (Å²) in [4.78, 5) is 36.6. The van der Waals surface area contributed by atoms with Gasteiger partial charge in [-0.3, -0.25) is 19.2 Å². The summed E-state index contributed by atoms with van der Waals surface area (Å²) in [5.74, 6) is -6.41. The fraction of sp³-hybridized carbons (Fsp3) is 0.435. The summed E-state index contributed by atoms with van der Waals surface area (Å²) in [5, 5.41) is 8.70.